The van der Waals surface area contributed by atoms with Crippen molar-refractivity contribution in [1.29, 1.82) is 0 Å². The molecule has 2 aliphatic rings. The monoisotopic (exact) mass is 307 g/mol. The van der Waals surface area contributed by atoms with Crippen LogP contribution in [0.5, 0.6) is 0 Å². The molecule has 116 valence electrons. The van der Waals surface area contributed by atoms with E-state index in [1.165, 1.54) is 43.6 Å². The average Bonchev–Trinajstić information content (AvgIpc) is 3.17. The highest BCUT2D eigenvalue weighted by Crippen LogP contribution is 2.31. The number of hydrogen-bond acceptors (Lipinski definition) is 3. The summed E-state index contributed by atoms with van der Waals surface area (Å²) in [5, 5.41) is 4.12. The molecule has 1 N–H and O–H groups in total. The van der Waals surface area contributed by atoms with Gasteiger partial charge >= 0.3 is 0 Å². The molecule has 2 atom stereocenters. The summed E-state index contributed by atoms with van der Waals surface area (Å²) in [5.74, 6) is 0. The predicted molar refractivity (Wildman–Crippen MR) is 90.4 cm³/mol. The van der Waals surface area contributed by atoms with Crippen molar-refractivity contribution < 1.29 is 0 Å². The van der Waals surface area contributed by atoms with E-state index in [0.29, 0.717) is 6.04 Å². The van der Waals surface area contributed by atoms with Gasteiger partial charge in [0, 0.05) is 35.9 Å². The molecule has 3 rings (SSSR count). The Labute approximate surface area is 133 Å². The minimum Gasteiger partial charge on any atom is -0.370 e. The van der Waals surface area contributed by atoms with E-state index >= 15 is 0 Å². The normalized spacial score (nSPS) is 24.7. The second-order valence-electron chi connectivity index (χ2n) is 6.35. The minimum absolute atomic E-state index is 0.294. The number of anilines is 1. The van der Waals surface area contributed by atoms with Gasteiger partial charge in [0.05, 0.1) is 0 Å². The van der Waals surface area contributed by atoms with E-state index < -0.39 is 0 Å². The third-order valence-electron chi connectivity index (χ3n) is 5.07. The van der Waals surface area contributed by atoms with Crippen LogP contribution in [0.2, 0.25) is 5.02 Å². The molecule has 0 saturated carbocycles. The summed E-state index contributed by atoms with van der Waals surface area (Å²) in [6, 6.07) is 7.56. The molecule has 0 radical (unpaired) electrons. The zero-order valence-electron chi connectivity index (χ0n) is 13.1. The number of benzene rings is 1. The number of rotatable bonds is 4. The van der Waals surface area contributed by atoms with Gasteiger partial charge in [-0.25, -0.2) is 0 Å². The van der Waals surface area contributed by atoms with Crippen LogP contribution >= 0.6 is 11.6 Å². The third-order valence-corrected chi connectivity index (χ3v) is 5.40. The van der Waals surface area contributed by atoms with Crippen molar-refractivity contribution in [2.75, 3.05) is 38.1 Å². The fourth-order valence-electron chi connectivity index (χ4n) is 3.60. The van der Waals surface area contributed by atoms with Crippen molar-refractivity contribution in [1.82, 2.24) is 10.2 Å². The van der Waals surface area contributed by atoms with E-state index in [9.17, 15) is 0 Å². The fourth-order valence-corrected chi connectivity index (χ4v) is 3.94. The van der Waals surface area contributed by atoms with Gasteiger partial charge < -0.3 is 10.2 Å². The maximum atomic E-state index is 6.47. The second-order valence-corrected chi connectivity index (χ2v) is 6.75. The Balaban J connectivity index is 1.68. The Morgan fingerprint density at radius 1 is 1.24 bits per heavy atom. The van der Waals surface area contributed by atoms with Gasteiger partial charge in [-0.05, 0) is 64.0 Å². The van der Waals surface area contributed by atoms with E-state index in [1.54, 1.807) is 0 Å². The summed E-state index contributed by atoms with van der Waals surface area (Å²) in [7, 11) is 1.97. The summed E-state index contributed by atoms with van der Waals surface area (Å²) < 4.78 is 0. The van der Waals surface area contributed by atoms with Crippen molar-refractivity contribution in [2.45, 2.75) is 38.3 Å². The Bertz CT molecular complexity index is 485. The molecule has 4 heteroatoms. The number of hydrogen-bond donors (Lipinski definition) is 1. The van der Waals surface area contributed by atoms with Crippen LogP contribution in [0.25, 0.3) is 0 Å². The molecule has 0 spiro atoms. The molecule has 2 fully saturated rings. The number of likely N-dealkylation sites (tertiary alicyclic amines) is 1. The van der Waals surface area contributed by atoms with Gasteiger partial charge in [0.15, 0.2) is 0 Å². The average molecular weight is 308 g/mol. The molecule has 0 aromatic heterocycles. The first-order valence-electron chi connectivity index (χ1n) is 8.14. The number of nitrogens with one attached hydrogen (secondary N) is 1. The molecule has 0 aliphatic carbocycles. The fraction of sp³-hybridized carbons (Fsp3) is 0.647. The summed E-state index contributed by atoms with van der Waals surface area (Å²) in [4.78, 5) is 5.15. The lowest BCUT2D eigenvalue weighted by Gasteiger charge is -2.25. The molecule has 2 saturated heterocycles. The van der Waals surface area contributed by atoms with Gasteiger partial charge in [-0.15, -0.1) is 0 Å². The van der Waals surface area contributed by atoms with Crippen molar-refractivity contribution in [2.24, 2.45) is 0 Å². The Morgan fingerprint density at radius 2 is 2.00 bits per heavy atom. The molecule has 3 nitrogen and oxygen atoms in total. The molecule has 0 amide bonds. The van der Waals surface area contributed by atoms with Crippen LogP contribution in [-0.2, 0) is 0 Å². The molecule has 1 aromatic rings. The number of nitrogens with zero attached hydrogens (tertiary/aromatic N) is 2. The third kappa shape index (κ3) is 3.20. The van der Waals surface area contributed by atoms with Gasteiger partial charge in [-0.3, -0.25) is 4.90 Å². The van der Waals surface area contributed by atoms with Gasteiger partial charge in [0.25, 0.3) is 0 Å². The molecule has 0 bridgehead atoms. The Kier molecular flexibility index (Phi) is 4.72. The van der Waals surface area contributed by atoms with Crippen LogP contribution in [0.15, 0.2) is 18.2 Å². The molecule has 1 aromatic carbocycles. The lowest BCUT2D eigenvalue weighted by molar-refractivity contribution is 0.260. The smallest absolute Gasteiger partial charge is 0.0474 e. The van der Waals surface area contributed by atoms with Crippen molar-refractivity contribution in [3.05, 3.63) is 28.8 Å². The van der Waals surface area contributed by atoms with Crippen molar-refractivity contribution >= 4 is 17.3 Å². The molecular formula is C17H26ClN3. The van der Waals surface area contributed by atoms with E-state index in [4.69, 9.17) is 11.6 Å². The lowest BCUT2D eigenvalue weighted by atomic mass is 10.1. The van der Waals surface area contributed by atoms with Crippen LogP contribution < -0.4 is 10.2 Å². The second kappa shape index (κ2) is 6.55. The highest BCUT2D eigenvalue weighted by molar-refractivity contribution is 6.31. The number of halogens is 1. The van der Waals surface area contributed by atoms with Crippen molar-refractivity contribution in [3.63, 3.8) is 0 Å². The molecule has 2 aliphatic heterocycles. The quantitative estimate of drug-likeness (QED) is 0.921. The highest BCUT2D eigenvalue weighted by atomic mass is 35.5. The van der Waals surface area contributed by atoms with Crippen LogP contribution in [0.1, 0.15) is 37.8 Å². The van der Waals surface area contributed by atoms with Gasteiger partial charge in [0.2, 0.25) is 0 Å². The van der Waals surface area contributed by atoms with Crippen LogP contribution in [0.3, 0.4) is 0 Å². The maximum absolute atomic E-state index is 6.47. The first kappa shape index (κ1) is 15.1. The molecule has 21 heavy (non-hydrogen) atoms. The first-order chi connectivity index (χ1) is 10.2. The predicted octanol–water partition coefficient (Wildman–Crippen LogP) is 3.29. The van der Waals surface area contributed by atoms with E-state index in [2.05, 4.69) is 40.2 Å². The van der Waals surface area contributed by atoms with Gasteiger partial charge in [0.1, 0.15) is 0 Å². The zero-order valence-corrected chi connectivity index (χ0v) is 13.9. The summed E-state index contributed by atoms with van der Waals surface area (Å²) in [6.07, 6.45) is 4.03. The highest BCUT2D eigenvalue weighted by Gasteiger charge is 2.29. The molecular weight excluding hydrogens is 282 g/mol. The largest absolute Gasteiger partial charge is 0.370 e. The lowest BCUT2D eigenvalue weighted by Crippen LogP contribution is -2.35. The van der Waals surface area contributed by atoms with Crippen LogP contribution in [0, 0.1) is 0 Å². The molecule has 2 heterocycles. The minimum atomic E-state index is 0.294. The Hall–Kier alpha value is -0.770. The van der Waals surface area contributed by atoms with E-state index in [-0.39, 0.29) is 0 Å². The standard InChI is InChI=1S/C17H26ClN3/c1-13(19-2)16-6-5-14(11-17(16)18)21-10-7-15(12-21)20-8-3-4-9-20/h5-6,11,13,15,19H,3-4,7-10,12H2,1-2H3. The van der Waals surface area contributed by atoms with Crippen molar-refractivity contribution in [3.8, 4) is 0 Å². The maximum Gasteiger partial charge on any atom is 0.0474 e. The van der Waals surface area contributed by atoms with Crippen LogP contribution in [-0.4, -0.2) is 44.2 Å². The van der Waals surface area contributed by atoms with E-state index in [0.717, 1.165) is 24.2 Å². The topological polar surface area (TPSA) is 18.5 Å². The summed E-state index contributed by atoms with van der Waals surface area (Å²) >= 11 is 6.47. The van der Waals surface area contributed by atoms with Crippen LogP contribution in [0.4, 0.5) is 5.69 Å². The summed E-state index contributed by atoms with van der Waals surface area (Å²) in [5.41, 5.74) is 2.45. The zero-order chi connectivity index (χ0) is 14.8. The van der Waals surface area contributed by atoms with E-state index in [1.807, 2.05) is 7.05 Å². The van der Waals surface area contributed by atoms with Gasteiger partial charge in [-0.2, -0.15) is 0 Å². The first-order valence-corrected chi connectivity index (χ1v) is 8.52. The SMILES string of the molecule is CNC(C)c1ccc(N2CCC(N3CCCC3)C2)cc1Cl. The summed E-state index contributed by atoms with van der Waals surface area (Å²) in [6.45, 7) is 7.02. The molecule has 2 unspecified atom stereocenters. The van der Waals surface area contributed by atoms with Gasteiger partial charge in [-0.1, -0.05) is 17.7 Å². The Morgan fingerprint density at radius 3 is 2.67 bits per heavy atom.